The number of aryl methyl sites for hydroxylation is 1. The van der Waals surface area contributed by atoms with Crippen LogP contribution in [0.5, 0.6) is 11.5 Å². The smallest absolute Gasteiger partial charge is 0.220 e. The molecule has 0 saturated heterocycles. The van der Waals surface area contributed by atoms with E-state index in [2.05, 4.69) is 10.3 Å². The summed E-state index contributed by atoms with van der Waals surface area (Å²) in [5, 5.41) is 2.87. The fourth-order valence-corrected chi connectivity index (χ4v) is 2.78. The number of hydrogen-bond donors (Lipinski definition) is 1. The van der Waals surface area contributed by atoms with Crippen LogP contribution in [0.25, 0.3) is 11.3 Å². The van der Waals surface area contributed by atoms with E-state index in [0.717, 1.165) is 11.1 Å². The predicted molar refractivity (Wildman–Crippen MR) is 106 cm³/mol. The molecule has 1 amide bonds. The number of oxazole rings is 1. The van der Waals surface area contributed by atoms with E-state index in [1.807, 2.05) is 25.1 Å². The highest BCUT2D eigenvalue weighted by Crippen LogP contribution is 2.28. The van der Waals surface area contributed by atoms with Crippen molar-refractivity contribution in [1.29, 1.82) is 0 Å². The average Bonchev–Trinajstić information content (AvgIpc) is 3.21. The highest BCUT2D eigenvalue weighted by Gasteiger charge is 2.10. The number of methoxy groups -OCH3 is 1. The van der Waals surface area contributed by atoms with Crippen molar-refractivity contribution in [2.45, 2.75) is 26.3 Å². The van der Waals surface area contributed by atoms with Crippen LogP contribution in [0.1, 0.15) is 24.8 Å². The van der Waals surface area contributed by atoms with Crippen molar-refractivity contribution in [2.75, 3.05) is 13.7 Å². The predicted octanol–water partition coefficient (Wildman–Crippen LogP) is 4.14. The van der Waals surface area contributed by atoms with E-state index in [4.69, 9.17) is 13.9 Å². The van der Waals surface area contributed by atoms with Crippen LogP contribution in [0.2, 0.25) is 0 Å². The first kappa shape index (κ1) is 20.4. The molecule has 2 aromatic carbocycles. The van der Waals surface area contributed by atoms with Gasteiger partial charge in [-0.3, -0.25) is 4.79 Å². The minimum absolute atomic E-state index is 0.112. The normalized spacial score (nSPS) is 10.6. The minimum atomic E-state index is -0.310. The van der Waals surface area contributed by atoms with Gasteiger partial charge in [0.15, 0.2) is 23.1 Å². The zero-order valence-corrected chi connectivity index (χ0v) is 16.4. The maximum absolute atomic E-state index is 13.0. The van der Waals surface area contributed by atoms with Gasteiger partial charge in [-0.05, 0) is 48.9 Å². The van der Waals surface area contributed by atoms with Crippen LogP contribution >= 0.6 is 0 Å². The third kappa shape index (κ3) is 5.57. The summed E-state index contributed by atoms with van der Waals surface area (Å²) in [4.78, 5) is 16.3. The van der Waals surface area contributed by atoms with Gasteiger partial charge in [0.2, 0.25) is 5.91 Å². The molecule has 0 aliphatic heterocycles. The Morgan fingerprint density at radius 2 is 1.97 bits per heavy atom. The Kier molecular flexibility index (Phi) is 6.84. The van der Waals surface area contributed by atoms with Crippen molar-refractivity contribution < 1.29 is 23.1 Å². The molecule has 0 aliphatic rings. The molecular weight excluding hydrogens is 375 g/mol. The van der Waals surface area contributed by atoms with E-state index >= 15 is 0 Å². The molecular formula is C22H23FN2O4. The lowest BCUT2D eigenvalue weighted by Crippen LogP contribution is -2.23. The fraction of sp³-hybridized carbons (Fsp3) is 0.273. The highest BCUT2D eigenvalue weighted by molar-refractivity contribution is 5.76. The van der Waals surface area contributed by atoms with Gasteiger partial charge in [-0.2, -0.15) is 0 Å². The molecule has 0 aliphatic carbocycles. The van der Waals surface area contributed by atoms with Gasteiger partial charge in [-0.15, -0.1) is 0 Å². The lowest BCUT2D eigenvalue weighted by atomic mass is 10.2. The number of nitrogens with zero attached hydrogens (tertiary/aromatic N) is 1. The van der Waals surface area contributed by atoms with Gasteiger partial charge >= 0.3 is 0 Å². The molecule has 1 aromatic heterocycles. The van der Waals surface area contributed by atoms with Crippen molar-refractivity contribution in [1.82, 2.24) is 10.3 Å². The number of hydrogen-bond acceptors (Lipinski definition) is 5. The quantitative estimate of drug-likeness (QED) is 0.587. The SMILES string of the molecule is CCOc1ccc(CNC(=O)CCc2ncc(-c3ccc(F)cc3)o2)cc1OC. The third-order valence-electron chi connectivity index (χ3n) is 4.27. The molecule has 1 N–H and O–H groups in total. The summed E-state index contributed by atoms with van der Waals surface area (Å²) in [6.45, 7) is 2.84. The van der Waals surface area contributed by atoms with Gasteiger partial charge in [0.05, 0.1) is 19.9 Å². The number of halogens is 1. The molecule has 0 radical (unpaired) electrons. The summed E-state index contributed by atoms with van der Waals surface area (Å²) < 4.78 is 29.5. The molecule has 3 rings (SSSR count). The maximum atomic E-state index is 13.0. The zero-order chi connectivity index (χ0) is 20.6. The van der Waals surface area contributed by atoms with Crippen LogP contribution in [-0.4, -0.2) is 24.6 Å². The molecule has 0 unspecified atom stereocenters. The Hall–Kier alpha value is -3.35. The molecule has 3 aromatic rings. The topological polar surface area (TPSA) is 73.6 Å². The summed E-state index contributed by atoms with van der Waals surface area (Å²) in [6, 6.07) is 11.5. The molecule has 6 nitrogen and oxygen atoms in total. The van der Waals surface area contributed by atoms with Crippen molar-refractivity contribution in [3.05, 3.63) is 65.9 Å². The van der Waals surface area contributed by atoms with E-state index < -0.39 is 0 Å². The Labute approximate surface area is 168 Å². The molecule has 0 bridgehead atoms. The summed E-state index contributed by atoms with van der Waals surface area (Å²) in [6.07, 6.45) is 2.20. The second-order valence-corrected chi connectivity index (χ2v) is 6.32. The molecule has 7 heteroatoms. The summed E-state index contributed by atoms with van der Waals surface area (Å²) in [5.74, 6) is 1.89. The first-order chi connectivity index (χ1) is 14.1. The lowest BCUT2D eigenvalue weighted by Gasteiger charge is -2.11. The Morgan fingerprint density at radius 3 is 2.69 bits per heavy atom. The van der Waals surface area contributed by atoms with Crippen LogP contribution in [-0.2, 0) is 17.8 Å². The Bertz CT molecular complexity index is 954. The fourth-order valence-electron chi connectivity index (χ4n) is 2.78. The first-order valence-electron chi connectivity index (χ1n) is 9.36. The average molecular weight is 398 g/mol. The molecule has 152 valence electrons. The van der Waals surface area contributed by atoms with Gasteiger partial charge in [0.1, 0.15) is 5.82 Å². The van der Waals surface area contributed by atoms with Crippen molar-refractivity contribution in [3.8, 4) is 22.8 Å². The number of ether oxygens (including phenoxy) is 2. The molecule has 0 atom stereocenters. The molecule has 0 fully saturated rings. The Balaban J connectivity index is 1.50. The zero-order valence-electron chi connectivity index (χ0n) is 16.4. The van der Waals surface area contributed by atoms with Crippen molar-refractivity contribution >= 4 is 5.91 Å². The van der Waals surface area contributed by atoms with Gasteiger partial charge in [0, 0.05) is 24.9 Å². The Morgan fingerprint density at radius 1 is 1.17 bits per heavy atom. The van der Waals surface area contributed by atoms with E-state index in [1.165, 1.54) is 12.1 Å². The van der Waals surface area contributed by atoms with Gasteiger partial charge in [0.25, 0.3) is 0 Å². The van der Waals surface area contributed by atoms with Crippen molar-refractivity contribution in [2.24, 2.45) is 0 Å². The number of nitrogens with one attached hydrogen (secondary N) is 1. The third-order valence-corrected chi connectivity index (χ3v) is 4.27. The van der Waals surface area contributed by atoms with Crippen LogP contribution in [0.4, 0.5) is 4.39 Å². The van der Waals surface area contributed by atoms with Crippen LogP contribution in [0.3, 0.4) is 0 Å². The van der Waals surface area contributed by atoms with E-state index in [9.17, 15) is 9.18 Å². The summed E-state index contributed by atoms with van der Waals surface area (Å²) in [5.41, 5.74) is 1.65. The molecule has 0 spiro atoms. The van der Waals surface area contributed by atoms with Crippen LogP contribution < -0.4 is 14.8 Å². The summed E-state index contributed by atoms with van der Waals surface area (Å²) >= 11 is 0. The standard InChI is InChI=1S/C22H23FN2O4/c1-3-28-18-9-4-15(12-19(18)27-2)13-24-21(26)10-11-22-25-14-20(29-22)16-5-7-17(23)8-6-16/h4-9,12,14H,3,10-11,13H2,1-2H3,(H,24,26). The molecule has 29 heavy (non-hydrogen) atoms. The second kappa shape index (κ2) is 9.73. The number of carbonyl (C=O) groups is 1. The number of rotatable bonds is 9. The first-order valence-corrected chi connectivity index (χ1v) is 9.36. The molecule has 0 saturated carbocycles. The van der Waals surface area contributed by atoms with E-state index in [1.54, 1.807) is 25.4 Å². The van der Waals surface area contributed by atoms with Crippen molar-refractivity contribution in [3.63, 3.8) is 0 Å². The minimum Gasteiger partial charge on any atom is -0.493 e. The largest absolute Gasteiger partial charge is 0.493 e. The van der Waals surface area contributed by atoms with Crippen LogP contribution in [0.15, 0.2) is 53.1 Å². The van der Waals surface area contributed by atoms with Crippen LogP contribution in [0, 0.1) is 5.82 Å². The van der Waals surface area contributed by atoms with Gasteiger partial charge < -0.3 is 19.2 Å². The van der Waals surface area contributed by atoms with Gasteiger partial charge in [-0.1, -0.05) is 6.07 Å². The number of carbonyl (C=O) groups excluding carboxylic acids is 1. The lowest BCUT2D eigenvalue weighted by molar-refractivity contribution is -0.121. The second-order valence-electron chi connectivity index (χ2n) is 6.32. The van der Waals surface area contributed by atoms with E-state index in [0.29, 0.717) is 42.7 Å². The highest BCUT2D eigenvalue weighted by atomic mass is 19.1. The monoisotopic (exact) mass is 398 g/mol. The number of aromatic nitrogens is 1. The number of amides is 1. The van der Waals surface area contributed by atoms with E-state index in [-0.39, 0.29) is 18.1 Å². The van der Waals surface area contributed by atoms with Gasteiger partial charge in [-0.25, -0.2) is 9.37 Å². The maximum Gasteiger partial charge on any atom is 0.220 e. The number of benzene rings is 2. The molecule has 1 heterocycles. The summed E-state index contributed by atoms with van der Waals surface area (Å²) in [7, 11) is 1.58.